The van der Waals surface area contributed by atoms with Gasteiger partial charge in [0, 0.05) is 0 Å². The zero-order valence-electron chi connectivity index (χ0n) is 8.37. The summed E-state index contributed by atoms with van der Waals surface area (Å²) in [5, 5.41) is 9.70. The predicted molar refractivity (Wildman–Crippen MR) is 50.7 cm³/mol. The summed E-state index contributed by atoms with van der Waals surface area (Å²) in [7, 11) is 0. The van der Waals surface area contributed by atoms with Gasteiger partial charge in [0.2, 0.25) is 0 Å². The Balaban J connectivity index is 2.09. The lowest BCUT2D eigenvalue weighted by molar-refractivity contribution is -0.133. The topological polar surface area (TPSA) is 38.7 Å². The van der Waals surface area contributed by atoms with E-state index in [1.807, 2.05) is 0 Å². The molecule has 78 valence electrons. The van der Waals surface area contributed by atoms with Crippen LogP contribution in [0, 0.1) is 0 Å². The number of hydrogen-bond donors (Lipinski definition) is 1. The van der Waals surface area contributed by atoms with Gasteiger partial charge >= 0.3 is 0 Å². The van der Waals surface area contributed by atoms with Crippen molar-refractivity contribution in [3.05, 3.63) is 0 Å². The Morgan fingerprint density at radius 1 is 1.38 bits per heavy atom. The van der Waals surface area contributed by atoms with Crippen molar-refractivity contribution in [3.8, 4) is 0 Å². The molecule has 0 bridgehead atoms. The van der Waals surface area contributed by atoms with Crippen LogP contribution in [0.4, 0.5) is 0 Å². The van der Waals surface area contributed by atoms with Crippen molar-refractivity contribution in [1.29, 1.82) is 0 Å². The van der Waals surface area contributed by atoms with Crippen molar-refractivity contribution in [1.82, 2.24) is 0 Å². The van der Waals surface area contributed by atoms with Crippen LogP contribution in [0.1, 0.15) is 32.6 Å². The first-order chi connectivity index (χ1) is 6.34. The number of hydrogen-bond acceptors (Lipinski definition) is 3. The maximum atomic E-state index is 9.70. The highest BCUT2D eigenvalue weighted by Gasteiger charge is 2.22. The van der Waals surface area contributed by atoms with Gasteiger partial charge in [-0.25, -0.2) is 0 Å². The highest BCUT2D eigenvalue weighted by molar-refractivity contribution is 4.70. The van der Waals surface area contributed by atoms with Gasteiger partial charge in [-0.05, 0) is 6.42 Å². The molecule has 0 aliphatic carbocycles. The average Bonchev–Trinajstić information content (AvgIpc) is 2.19. The molecule has 2 unspecified atom stereocenters. The fourth-order valence-corrected chi connectivity index (χ4v) is 1.52. The molecule has 1 rings (SSSR count). The van der Waals surface area contributed by atoms with Crippen LogP contribution in [-0.2, 0) is 9.47 Å². The second kappa shape index (κ2) is 6.35. The first-order valence-corrected chi connectivity index (χ1v) is 5.22. The summed E-state index contributed by atoms with van der Waals surface area (Å²) in [5.41, 5.74) is 0. The number of rotatable bonds is 5. The minimum atomic E-state index is -0.341. The summed E-state index contributed by atoms with van der Waals surface area (Å²) < 4.78 is 10.6. The maximum absolute atomic E-state index is 9.70. The van der Waals surface area contributed by atoms with Gasteiger partial charge < -0.3 is 14.6 Å². The van der Waals surface area contributed by atoms with Crippen molar-refractivity contribution in [2.45, 2.75) is 44.8 Å². The summed E-state index contributed by atoms with van der Waals surface area (Å²) in [5.74, 6) is 0. The molecular formula is C10H20O3. The van der Waals surface area contributed by atoms with Crippen LogP contribution in [0.2, 0.25) is 0 Å². The fraction of sp³-hybridized carbons (Fsp3) is 1.00. The Labute approximate surface area is 80.0 Å². The Bertz CT molecular complexity index is 121. The van der Waals surface area contributed by atoms with Crippen molar-refractivity contribution in [2.24, 2.45) is 0 Å². The Hall–Kier alpha value is -0.120. The molecule has 0 spiro atoms. The zero-order chi connectivity index (χ0) is 9.52. The quantitative estimate of drug-likeness (QED) is 0.662. The van der Waals surface area contributed by atoms with Gasteiger partial charge in [0.15, 0.2) is 0 Å². The number of unbranched alkanes of at least 4 members (excludes halogenated alkanes) is 2. The van der Waals surface area contributed by atoms with Gasteiger partial charge in [-0.2, -0.15) is 0 Å². The molecule has 1 aliphatic rings. The molecule has 13 heavy (non-hydrogen) atoms. The summed E-state index contributed by atoms with van der Waals surface area (Å²) >= 11 is 0. The van der Waals surface area contributed by atoms with E-state index >= 15 is 0 Å². The van der Waals surface area contributed by atoms with Crippen LogP contribution in [-0.4, -0.2) is 37.1 Å². The van der Waals surface area contributed by atoms with Gasteiger partial charge in [0.25, 0.3) is 0 Å². The first kappa shape index (κ1) is 11.0. The molecule has 0 radical (unpaired) electrons. The van der Waals surface area contributed by atoms with E-state index in [-0.39, 0.29) is 12.2 Å². The molecule has 1 fully saturated rings. The molecule has 1 heterocycles. The van der Waals surface area contributed by atoms with Gasteiger partial charge in [-0.1, -0.05) is 26.2 Å². The van der Waals surface area contributed by atoms with Gasteiger partial charge in [-0.3, -0.25) is 0 Å². The molecule has 1 N–H and O–H groups in total. The third kappa shape index (κ3) is 4.07. The summed E-state index contributed by atoms with van der Waals surface area (Å²) in [6.45, 7) is 3.99. The van der Waals surface area contributed by atoms with Crippen molar-refractivity contribution < 1.29 is 14.6 Å². The standard InChI is InChI=1S/C10H20O3/c1-2-3-4-5-9(11)10-8-12-6-7-13-10/h9-11H,2-8H2,1H3. The maximum Gasteiger partial charge on any atom is 0.107 e. The Morgan fingerprint density at radius 3 is 2.85 bits per heavy atom. The van der Waals surface area contributed by atoms with Crippen LogP contribution >= 0.6 is 0 Å². The van der Waals surface area contributed by atoms with E-state index in [9.17, 15) is 5.11 Å². The van der Waals surface area contributed by atoms with E-state index in [4.69, 9.17) is 9.47 Å². The molecule has 0 aromatic carbocycles. The average molecular weight is 188 g/mol. The van der Waals surface area contributed by atoms with E-state index in [2.05, 4.69) is 6.92 Å². The smallest absolute Gasteiger partial charge is 0.107 e. The molecule has 1 saturated heterocycles. The van der Waals surface area contributed by atoms with E-state index in [0.717, 1.165) is 12.8 Å². The molecule has 0 aromatic rings. The number of aliphatic hydroxyl groups excluding tert-OH is 1. The van der Waals surface area contributed by atoms with E-state index in [1.54, 1.807) is 0 Å². The van der Waals surface area contributed by atoms with E-state index in [0.29, 0.717) is 19.8 Å². The minimum absolute atomic E-state index is 0.0920. The van der Waals surface area contributed by atoms with Crippen LogP contribution in [0.5, 0.6) is 0 Å². The third-order valence-electron chi connectivity index (χ3n) is 2.37. The second-order valence-electron chi connectivity index (χ2n) is 3.55. The van der Waals surface area contributed by atoms with E-state index < -0.39 is 0 Å². The summed E-state index contributed by atoms with van der Waals surface area (Å²) in [6.07, 6.45) is 3.86. The third-order valence-corrected chi connectivity index (χ3v) is 2.37. The summed E-state index contributed by atoms with van der Waals surface area (Å²) in [4.78, 5) is 0. The first-order valence-electron chi connectivity index (χ1n) is 5.22. The van der Waals surface area contributed by atoms with E-state index in [1.165, 1.54) is 12.8 Å². The monoisotopic (exact) mass is 188 g/mol. The second-order valence-corrected chi connectivity index (χ2v) is 3.55. The van der Waals surface area contributed by atoms with Gasteiger partial charge in [0.05, 0.1) is 25.9 Å². The predicted octanol–water partition coefficient (Wildman–Crippen LogP) is 1.34. The lowest BCUT2D eigenvalue weighted by Gasteiger charge is -2.27. The van der Waals surface area contributed by atoms with Crippen molar-refractivity contribution in [2.75, 3.05) is 19.8 Å². The molecule has 1 aliphatic heterocycles. The SMILES string of the molecule is CCCCCC(O)C1COCCO1. The Kier molecular flexibility index (Phi) is 5.35. The van der Waals surface area contributed by atoms with Crippen LogP contribution in [0.25, 0.3) is 0 Å². The number of ether oxygens (including phenoxy) is 2. The summed E-state index contributed by atoms with van der Waals surface area (Å²) in [6, 6.07) is 0. The number of aliphatic hydroxyl groups is 1. The zero-order valence-corrected chi connectivity index (χ0v) is 8.37. The lowest BCUT2D eigenvalue weighted by Crippen LogP contribution is -2.38. The van der Waals surface area contributed by atoms with Crippen molar-refractivity contribution in [3.63, 3.8) is 0 Å². The molecule has 0 amide bonds. The largest absolute Gasteiger partial charge is 0.390 e. The van der Waals surface area contributed by atoms with Crippen LogP contribution in [0.3, 0.4) is 0 Å². The van der Waals surface area contributed by atoms with Crippen LogP contribution < -0.4 is 0 Å². The van der Waals surface area contributed by atoms with Gasteiger partial charge in [-0.15, -0.1) is 0 Å². The molecule has 2 atom stereocenters. The van der Waals surface area contributed by atoms with Gasteiger partial charge in [0.1, 0.15) is 6.10 Å². The fourth-order valence-electron chi connectivity index (χ4n) is 1.52. The molecule has 0 saturated carbocycles. The molecule has 3 heteroatoms. The minimum Gasteiger partial charge on any atom is -0.390 e. The molecule has 3 nitrogen and oxygen atoms in total. The Morgan fingerprint density at radius 2 is 2.23 bits per heavy atom. The lowest BCUT2D eigenvalue weighted by atomic mass is 10.1. The highest BCUT2D eigenvalue weighted by atomic mass is 16.6. The highest BCUT2D eigenvalue weighted by Crippen LogP contribution is 2.12. The van der Waals surface area contributed by atoms with Crippen molar-refractivity contribution >= 4 is 0 Å². The van der Waals surface area contributed by atoms with Crippen LogP contribution in [0.15, 0.2) is 0 Å². The molecule has 0 aromatic heterocycles. The normalized spacial score (nSPS) is 25.8. The molecular weight excluding hydrogens is 168 g/mol.